The molecule has 1 atom stereocenters. The van der Waals surface area contributed by atoms with E-state index in [0.29, 0.717) is 30.1 Å². The van der Waals surface area contributed by atoms with Crippen LogP contribution in [0.15, 0.2) is 16.6 Å². The maximum absolute atomic E-state index is 12.9. The highest BCUT2D eigenvalue weighted by Gasteiger charge is 2.42. The quantitative estimate of drug-likeness (QED) is 0.822. The molecule has 1 aromatic rings. The van der Waals surface area contributed by atoms with Crippen molar-refractivity contribution in [2.45, 2.75) is 19.0 Å². The van der Waals surface area contributed by atoms with Gasteiger partial charge in [-0.1, -0.05) is 15.9 Å². The van der Waals surface area contributed by atoms with E-state index < -0.39 is 12.1 Å². The number of alkyl halides is 3. The Bertz CT molecular complexity index is 493. The van der Waals surface area contributed by atoms with Crippen LogP contribution in [0.5, 0.6) is 5.75 Å². The van der Waals surface area contributed by atoms with Crippen molar-refractivity contribution in [3.05, 3.63) is 16.6 Å². The van der Waals surface area contributed by atoms with Gasteiger partial charge in [0.1, 0.15) is 5.75 Å². The number of piperidine rings is 1. The number of nitrogens with two attached hydrogens (primary N) is 1. The highest BCUT2D eigenvalue weighted by atomic mass is 79.9. The number of benzene rings is 1. The Labute approximate surface area is 124 Å². The Balaban J connectivity index is 2.29. The molecule has 0 aliphatic carbocycles. The lowest BCUT2D eigenvalue weighted by molar-refractivity contribution is -0.175. The Hall–Kier alpha value is -1.11. The minimum atomic E-state index is -4.16. The summed E-state index contributed by atoms with van der Waals surface area (Å²) in [7, 11) is 1.48. The van der Waals surface area contributed by atoms with E-state index in [1.54, 1.807) is 17.0 Å². The first-order valence-corrected chi connectivity index (χ1v) is 7.07. The molecule has 1 unspecified atom stereocenters. The number of nitrogens with zero attached hydrogens (tertiary/aromatic N) is 1. The van der Waals surface area contributed by atoms with Gasteiger partial charge in [0.15, 0.2) is 0 Å². The second kappa shape index (κ2) is 5.71. The Morgan fingerprint density at radius 2 is 2.10 bits per heavy atom. The van der Waals surface area contributed by atoms with Crippen molar-refractivity contribution in [2.24, 2.45) is 5.92 Å². The molecule has 112 valence electrons. The minimum Gasteiger partial charge on any atom is -0.494 e. The number of rotatable bonds is 2. The molecule has 1 aromatic carbocycles. The van der Waals surface area contributed by atoms with E-state index in [1.807, 2.05) is 0 Å². The summed E-state index contributed by atoms with van der Waals surface area (Å²) in [5.74, 6) is -0.843. The molecule has 3 nitrogen and oxygen atoms in total. The molecule has 20 heavy (non-hydrogen) atoms. The predicted octanol–water partition coefficient (Wildman–Crippen LogP) is 3.82. The van der Waals surface area contributed by atoms with Crippen LogP contribution in [0.1, 0.15) is 12.8 Å². The zero-order chi connectivity index (χ0) is 14.9. The maximum atomic E-state index is 12.9. The van der Waals surface area contributed by atoms with Crippen molar-refractivity contribution in [2.75, 3.05) is 30.8 Å². The standard InChI is InChI=1S/C13H16BrF3N2O/c1-20-11-6-9(14)5-10(12(11)18)19-4-2-3-8(7-19)13(15,16)17/h5-6,8H,2-4,7,18H2,1H3. The number of anilines is 2. The van der Waals surface area contributed by atoms with Gasteiger partial charge < -0.3 is 15.4 Å². The van der Waals surface area contributed by atoms with Crippen molar-refractivity contribution in [1.29, 1.82) is 0 Å². The van der Waals surface area contributed by atoms with E-state index in [0.717, 1.165) is 4.47 Å². The first-order valence-electron chi connectivity index (χ1n) is 6.27. The van der Waals surface area contributed by atoms with Gasteiger partial charge >= 0.3 is 6.18 Å². The Morgan fingerprint density at radius 3 is 2.70 bits per heavy atom. The van der Waals surface area contributed by atoms with Gasteiger partial charge in [-0.05, 0) is 25.0 Å². The van der Waals surface area contributed by atoms with Crippen LogP contribution in [-0.2, 0) is 0 Å². The van der Waals surface area contributed by atoms with Crippen LogP contribution in [-0.4, -0.2) is 26.4 Å². The lowest BCUT2D eigenvalue weighted by Gasteiger charge is -2.36. The van der Waals surface area contributed by atoms with Crippen molar-refractivity contribution < 1.29 is 17.9 Å². The highest BCUT2D eigenvalue weighted by molar-refractivity contribution is 9.10. The smallest absolute Gasteiger partial charge is 0.393 e. The fourth-order valence-electron chi connectivity index (χ4n) is 2.47. The van der Waals surface area contributed by atoms with Gasteiger partial charge in [-0.2, -0.15) is 13.2 Å². The van der Waals surface area contributed by atoms with Crippen molar-refractivity contribution in [3.63, 3.8) is 0 Å². The van der Waals surface area contributed by atoms with E-state index >= 15 is 0 Å². The molecule has 0 saturated carbocycles. The third kappa shape index (κ3) is 3.13. The first kappa shape index (κ1) is 15.3. The summed E-state index contributed by atoms with van der Waals surface area (Å²) < 4.78 is 44.5. The summed E-state index contributed by atoms with van der Waals surface area (Å²) in [5, 5.41) is 0. The normalized spacial score (nSPS) is 20.1. The second-order valence-corrected chi connectivity index (χ2v) is 5.78. The maximum Gasteiger partial charge on any atom is 0.393 e. The highest BCUT2D eigenvalue weighted by Crippen LogP contribution is 2.40. The average Bonchev–Trinajstić information content (AvgIpc) is 2.40. The van der Waals surface area contributed by atoms with Gasteiger partial charge in [0.05, 0.1) is 24.4 Å². The molecule has 1 fully saturated rings. The molecule has 0 amide bonds. The predicted molar refractivity (Wildman–Crippen MR) is 76.1 cm³/mol. The fourth-order valence-corrected chi connectivity index (χ4v) is 2.90. The number of ether oxygens (including phenoxy) is 1. The van der Waals surface area contributed by atoms with Crippen LogP contribution in [0.3, 0.4) is 0 Å². The number of hydrogen-bond acceptors (Lipinski definition) is 3. The number of hydrogen-bond donors (Lipinski definition) is 1. The summed E-state index contributed by atoms with van der Waals surface area (Å²) >= 11 is 3.32. The van der Waals surface area contributed by atoms with Crippen LogP contribution >= 0.6 is 15.9 Å². The molecule has 1 saturated heterocycles. The summed E-state index contributed by atoms with van der Waals surface area (Å²) in [6.45, 7) is 0.504. The van der Waals surface area contributed by atoms with Crippen molar-refractivity contribution in [3.8, 4) is 5.75 Å². The Morgan fingerprint density at radius 1 is 1.40 bits per heavy atom. The van der Waals surface area contributed by atoms with Crippen molar-refractivity contribution >= 4 is 27.3 Å². The summed E-state index contributed by atoms with van der Waals surface area (Å²) in [6, 6.07) is 3.43. The zero-order valence-electron chi connectivity index (χ0n) is 11.0. The molecule has 2 N–H and O–H groups in total. The van der Waals surface area contributed by atoms with Crippen LogP contribution in [0.25, 0.3) is 0 Å². The van der Waals surface area contributed by atoms with Crippen LogP contribution in [0, 0.1) is 5.92 Å². The molecule has 0 bridgehead atoms. The van der Waals surface area contributed by atoms with Gasteiger partial charge in [-0.25, -0.2) is 0 Å². The fraction of sp³-hybridized carbons (Fsp3) is 0.538. The van der Waals surface area contributed by atoms with Crippen LogP contribution in [0.4, 0.5) is 24.5 Å². The van der Waals surface area contributed by atoms with E-state index in [2.05, 4.69) is 15.9 Å². The summed E-state index contributed by atoms with van der Waals surface area (Å²) in [4.78, 5) is 1.68. The topological polar surface area (TPSA) is 38.5 Å². The van der Waals surface area contributed by atoms with Gasteiger partial charge in [0.2, 0.25) is 0 Å². The molecule has 1 aliphatic heterocycles. The minimum absolute atomic E-state index is 0.0622. The average molecular weight is 353 g/mol. The molecular formula is C13H16BrF3N2O. The van der Waals surface area contributed by atoms with Gasteiger partial charge in [-0.3, -0.25) is 0 Å². The Kier molecular flexibility index (Phi) is 4.36. The van der Waals surface area contributed by atoms with E-state index in [1.165, 1.54) is 7.11 Å². The van der Waals surface area contributed by atoms with E-state index in [9.17, 15) is 13.2 Å². The largest absolute Gasteiger partial charge is 0.494 e. The molecule has 1 aliphatic rings. The molecule has 0 aromatic heterocycles. The summed E-state index contributed by atoms with van der Waals surface area (Å²) in [6.07, 6.45) is -3.49. The SMILES string of the molecule is COc1cc(Br)cc(N2CCCC(C(F)(F)F)C2)c1N. The van der Waals surface area contributed by atoms with Crippen LogP contribution in [0.2, 0.25) is 0 Å². The second-order valence-electron chi connectivity index (χ2n) is 4.87. The van der Waals surface area contributed by atoms with Crippen LogP contribution < -0.4 is 15.4 Å². The van der Waals surface area contributed by atoms with Gasteiger partial charge in [0, 0.05) is 17.6 Å². The third-order valence-corrected chi connectivity index (χ3v) is 3.99. The number of halogens is 4. The summed E-state index contributed by atoms with van der Waals surface area (Å²) in [5.41, 5.74) is 6.94. The van der Waals surface area contributed by atoms with Gasteiger partial charge in [-0.15, -0.1) is 0 Å². The van der Waals surface area contributed by atoms with Gasteiger partial charge in [0.25, 0.3) is 0 Å². The molecule has 1 heterocycles. The molecular weight excluding hydrogens is 337 g/mol. The monoisotopic (exact) mass is 352 g/mol. The lowest BCUT2D eigenvalue weighted by Crippen LogP contribution is -2.42. The lowest BCUT2D eigenvalue weighted by atomic mass is 9.97. The zero-order valence-corrected chi connectivity index (χ0v) is 12.6. The molecule has 2 rings (SSSR count). The third-order valence-electron chi connectivity index (χ3n) is 3.53. The van der Waals surface area contributed by atoms with E-state index in [-0.39, 0.29) is 13.0 Å². The molecule has 0 radical (unpaired) electrons. The number of nitrogen functional groups attached to an aromatic ring is 1. The van der Waals surface area contributed by atoms with E-state index in [4.69, 9.17) is 10.5 Å². The van der Waals surface area contributed by atoms with Crippen molar-refractivity contribution in [1.82, 2.24) is 0 Å². The molecule has 7 heteroatoms. The number of methoxy groups -OCH3 is 1. The molecule has 0 spiro atoms. The first-order chi connectivity index (χ1) is 9.32.